The van der Waals surface area contributed by atoms with Gasteiger partial charge >= 0.3 is 0 Å². The molecule has 1 atom stereocenters. The van der Waals surface area contributed by atoms with Gasteiger partial charge in [0, 0.05) is 0 Å². The van der Waals surface area contributed by atoms with Crippen molar-refractivity contribution >= 4 is 12.2 Å². The highest BCUT2D eigenvalue weighted by Crippen LogP contribution is 2.35. The fourth-order valence-electron chi connectivity index (χ4n) is 2.66. The van der Waals surface area contributed by atoms with Crippen molar-refractivity contribution in [3.05, 3.63) is 64.7 Å². The van der Waals surface area contributed by atoms with Crippen LogP contribution in [-0.4, -0.2) is 18.8 Å². The third-order valence-corrected chi connectivity index (χ3v) is 3.68. The second kappa shape index (κ2) is 5.87. The Morgan fingerprint density at radius 3 is 2.57 bits per heavy atom. The second-order valence-electron chi connectivity index (χ2n) is 4.87. The van der Waals surface area contributed by atoms with Gasteiger partial charge in [-0.2, -0.15) is 0 Å². The van der Waals surface area contributed by atoms with Gasteiger partial charge in [0.1, 0.15) is 12.4 Å². The van der Waals surface area contributed by atoms with Crippen LogP contribution in [-0.2, 0) is 0 Å². The minimum atomic E-state index is -0.134. The van der Waals surface area contributed by atoms with Gasteiger partial charge in [-0.1, -0.05) is 54.3 Å². The maximum absolute atomic E-state index is 9.05. The Morgan fingerprint density at radius 1 is 1.05 bits per heavy atom. The molecule has 1 aliphatic carbocycles. The second-order valence-corrected chi connectivity index (χ2v) is 4.87. The van der Waals surface area contributed by atoms with E-state index >= 15 is 0 Å². The molecule has 0 saturated heterocycles. The van der Waals surface area contributed by atoms with Gasteiger partial charge in [0.25, 0.3) is 0 Å². The van der Waals surface area contributed by atoms with E-state index < -0.39 is 0 Å². The van der Waals surface area contributed by atoms with Crippen molar-refractivity contribution < 1.29 is 9.84 Å². The first kappa shape index (κ1) is 13.5. The molecule has 0 spiro atoms. The van der Waals surface area contributed by atoms with E-state index in [-0.39, 0.29) is 12.5 Å². The molecule has 2 heteroatoms. The molecule has 0 radical (unpaired) electrons. The number of hydrogen-bond donors (Lipinski definition) is 1. The number of aliphatic hydroxyl groups is 1. The molecule has 21 heavy (non-hydrogen) atoms. The van der Waals surface area contributed by atoms with Crippen LogP contribution >= 0.6 is 0 Å². The summed E-state index contributed by atoms with van der Waals surface area (Å²) in [5, 5.41) is 9.05. The van der Waals surface area contributed by atoms with Crippen LogP contribution in [0.15, 0.2) is 42.5 Å². The number of hydrogen-bond acceptors (Lipinski definition) is 2. The highest BCUT2D eigenvalue weighted by molar-refractivity contribution is 5.77. The smallest absolute Gasteiger partial charge is 0.119 e. The Balaban J connectivity index is 2.23. The first-order chi connectivity index (χ1) is 10.3. The third-order valence-electron chi connectivity index (χ3n) is 3.68. The molecule has 104 valence electrons. The zero-order valence-electron chi connectivity index (χ0n) is 11.8. The van der Waals surface area contributed by atoms with E-state index in [0.717, 1.165) is 28.0 Å². The van der Waals surface area contributed by atoms with Crippen LogP contribution in [0.1, 0.15) is 28.2 Å². The molecular weight excluding hydrogens is 260 g/mol. The molecule has 3 rings (SSSR count). The Kier molecular flexibility index (Phi) is 3.77. The van der Waals surface area contributed by atoms with E-state index in [9.17, 15) is 0 Å². The average molecular weight is 276 g/mol. The molecule has 2 nitrogen and oxygen atoms in total. The minimum absolute atomic E-state index is 0.0616. The normalized spacial score (nSPS) is 15.2. The Labute approximate surface area is 124 Å². The Bertz CT molecular complexity index is 748. The molecule has 0 fully saturated rings. The van der Waals surface area contributed by atoms with Gasteiger partial charge in [0.2, 0.25) is 0 Å². The molecule has 2 aromatic carbocycles. The number of benzene rings is 2. The first-order valence-electron chi connectivity index (χ1n) is 6.87. The number of ether oxygens (including phenoxy) is 1. The average Bonchev–Trinajstić information content (AvgIpc) is 2.69. The molecule has 0 bridgehead atoms. The first-order valence-corrected chi connectivity index (χ1v) is 6.87. The Hall–Kier alpha value is -2.50. The van der Waals surface area contributed by atoms with Crippen LogP contribution in [0.4, 0.5) is 0 Å². The summed E-state index contributed by atoms with van der Waals surface area (Å²) in [6.45, 7) is -0.134. The van der Waals surface area contributed by atoms with Crippen LogP contribution in [0, 0.1) is 11.8 Å². The van der Waals surface area contributed by atoms with Crippen LogP contribution < -0.4 is 4.74 Å². The minimum Gasteiger partial charge on any atom is -0.497 e. The summed E-state index contributed by atoms with van der Waals surface area (Å²) in [7, 11) is 1.66. The van der Waals surface area contributed by atoms with E-state index in [2.05, 4.69) is 36.1 Å². The number of rotatable bonds is 1. The maximum Gasteiger partial charge on any atom is 0.119 e. The molecule has 1 aliphatic rings. The van der Waals surface area contributed by atoms with E-state index in [0.29, 0.717) is 0 Å². The largest absolute Gasteiger partial charge is 0.497 e. The number of fused-ring (bicyclic) bond motifs is 2. The van der Waals surface area contributed by atoms with Gasteiger partial charge in [0.05, 0.1) is 13.0 Å². The highest BCUT2D eigenvalue weighted by Gasteiger charge is 2.20. The molecular formula is C19H16O2. The summed E-state index contributed by atoms with van der Waals surface area (Å²) in [5.74, 6) is 6.74. The summed E-state index contributed by atoms with van der Waals surface area (Å²) in [5.41, 5.74) is 4.55. The van der Waals surface area contributed by atoms with E-state index in [4.69, 9.17) is 9.84 Å². The molecule has 0 amide bonds. The zero-order chi connectivity index (χ0) is 14.7. The highest BCUT2D eigenvalue weighted by atomic mass is 16.5. The topological polar surface area (TPSA) is 29.5 Å². The van der Waals surface area contributed by atoms with E-state index in [1.165, 1.54) is 0 Å². The van der Waals surface area contributed by atoms with Crippen molar-refractivity contribution in [2.75, 3.05) is 13.7 Å². The van der Waals surface area contributed by atoms with Crippen molar-refractivity contribution in [3.8, 4) is 17.6 Å². The zero-order valence-corrected chi connectivity index (χ0v) is 11.8. The quantitative estimate of drug-likeness (QED) is 0.810. The van der Waals surface area contributed by atoms with E-state index in [1.807, 2.05) is 30.3 Å². The van der Waals surface area contributed by atoms with Gasteiger partial charge in [0.15, 0.2) is 0 Å². The molecule has 0 heterocycles. The standard InChI is InChI=1S/C19H16O2/c1-21-16-11-10-15-9-8-14-5-2-3-6-17(14)18(7-4-12-20)19(15)13-16/h2-3,5-6,8-11,13,18,20H,12H2,1H3. The van der Waals surface area contributed by atoms with Gasteiger partial charge in [-0.25, -0.2) is 0 Å². The van der Waals surface area contributed by atoms with Gasteiger partial charge in [-0.15, -0.1) is 0 Å². The van der Waals surface area contributed by atoms with Crippen LogP contribution in [0.3, 0.4) is 0 Å². The van der Waals surface area contributed by atoms with Gasteiger partial charge in [-0.05, 0) is 34.4 Å². The molecule has 0 aromatic heterocycles. The summed E-state index contributed by atoms with van der Waals surface area (Å²) in [6.07, 6.45) is 4.22. The van der Waals surface area contributed by atoms with Crippen LogP contribution in [0.2, 0.25) is 0 Å². The fraction of sp³-hybridized carbons (Fsp3) is 0.158. The molecule has 0 aliphatic heterocycles. The van der Waals surface area contributed by atoms with Crippen molar-refractivity contribution in [2.24, 2.45) is 0 Å². The van der Waals surface area contributed by atoms with Crippen molar-refractivity contribution in [1.29, 1.82) is 0 Å². The Morgan fingerprint density at radius 2 is 1.81 bits per heavy atom. The van der Waals surface area contributed by atoms with Crippen LogP contribution in [0.25, 0.3) is 12.2 Å². The SMILES string of the molecule is COc1ccc2c(c1)C(C#CCO)c1ccccc1C=C2. The molecule has 0 saturated carbocycles. The molecule has 1 N–H and O–H groups in total. The summed E-state index contributed by atoms with van der Waals surface area (Å²) < 4.78 is 5.34. The lowest BCUT2D eigenvalue weighted by molar-refractivity contribution is 0.350. The molecule has 1 unspecified atom stereocenters. The lowest BCUT2D eigenvalue weighted by atomic mass is 9.88. The lowest BCUT2D eigenvalue weighted by Gasteiger charge is -2.15. The number of methoxy groups -OCH3 is 1. The van der Waals surface area contributed by atoms with E-state index in [1.54, 1.807) is 7.11 Å². The molecule has 2 aromatic rings. The van der Waals surface area contributed by atoms with Crippen LogP contribution in [0.5, 0.6) is 5.75 Å². The predicted molar refractivity (Wildman–Crippen MR) is 85.1 cm³/mol. The summed E-state index contributed by atoms with van der Waals surface area (Å²) >= 11 is 0. The maximum atomic E-state index is 9.05. The monoisotopic (exact) mass is 276 g/mol. The van der Waals surface area contributed by atoms with Gasteiger partial charge in [-0.3, -0.25) is 0 Å². The van der Waals surface area contributed by atoms with Gasteiger partial charge < -0.3 is 9.84 Å². The number of aliphatic hydroxyl groups excluding tert-OH is 1. The fourth-order valence-corrected chi connectivity index (χ4v) is 2.66. The summed E-state index contributed by atoms with van der Waals surface area (Å²) in [4.78, 5) is 0. The summed E-state index contributed by atoms with van der Waals surface area (Å²) in [6, 6.07) is 14.2. The van der Waals surface area contributed by atoms with Crippen molar-refractivity contribution in [2.45, 2.75) is 5.92 Å². The van der Waals surface area contributed by atoms with Crippen molar-refractivity contribution in [3.63, 3.8) is 0 Å². The van der Waals surface area contributed by atoms with Crippen molar-refractivity contribution in [1.82, 2.24) is 0 Å². The lowest BCUT2D eigenvalue weighted by Crippen LogP contribution is -2.02. The predicted octanol–water partition coefficient (Wildman–Crippen LogP) is 3.31. The third kappa shape index (κ3) is 2.56.